The lowest BCUT2D eigenvalue weighted by molar-refractivity contribution is 0.122. The Morgan fingerprint density at radius 2 is 1.77 bits per heavy atom. The molecule has 2 aromatic carbocycles. The zero-order chi connectivity index (χ0) is 21.2. The van der Waals surface area contributed by atoms with Crippen LogP contribution in [0.2, 0.25) is 0 Å². The second kappa shape index (κ2) is 8.48. The van der Waals surface area contributed by atoms with Crippen molar-refractivity contribution in [1.82, 2.24) is 29.8 Å². The molecule has 0 radical (unpaired) electrons. The van der Waals surface area contributed by atoms with Gasteiger partial charge in [-0.15, -0.1) is 15.3 Å². The highest BCUT2D eigenvalue weighted by molar-refractivity contribution is 7.98. The minimum Gasteiger partial charge on any atom is -0.378 e. The number of hydrogen-bond donors (Lipinski definition) is 0. The molecule has 1 aliphatic rings. The molecule has 0 amide bonds. The minimum atomic E-state index is -0.173. The number of nitrogens with zero attached hydrogens (tertiary/aromatic N) is 7. The number of anilines is 1. The van der Waals surface area contributed by atoms with Gasteiger partial charge in [0, 0.05) is 13.1 Å². The first kappa shape index (κ1) is 19.7. The number of rotatable bonds is 5. The van der Waals surface area contributed by atoms with Gasteiger partial charge in [0.25, 0.3) is 5.56 Å². The molecule has 0 atom stereocenters. The van der Waals surface area contributed by atoms with E-state index in [9.17, 15) is 4.79 Å². The lowest BCUT2D eigenvalue weighted by Gasteiger charge is -2.28. The van der Waals surface area contributed by atoms with Crippen LogP contribution in [0.5, 0.6) is 0 Å². The number of aromatic nitrogens is 6. The maximum absolute atomic E-state index is 12.8. The smallest absolute Gasteiger partial charge is 0.278 e. The first-order valence-corrected chi connectivity index (χ1v) is 11.0. The standard InChI is InChI=1S/C21H21N7O2S/c1-15-6-8-16(9-7-15)28-20(26-10-12-30-13-11-26)23-24-21(28)31-14-27-19(29)17-4-2-3-5-18(17)22-25-27/h2-9H,10-14H2,1H3. The summed E-state index contributed by atoms with van der Waals surface area (Å²) in [6, 6.07) is 15.4. The van der Waals surface area contributed by atoms with Crippen LogP contribution in [0.15, 0.2) is 58.5 Å². The molecule has 4 aromatic rings. The van der Waals surface area contributed by atoms with Crippen LogP contribution in [0, 0.1) is 6.92 Å². The summed E-state index contributed by atoms with van der Waals surface area (Å²) in [5.41, 5.74) is 2.56. The van der Waals surface area contributed by atoms with E-state index >= 15 is 0 Å². The van der Waals surface area contributed by atoms with E-state index in [1.54, 1.807) is 12.1 Å². The minimum absolute atomic E-state index is 0.173. The molecule has 3 heterocycles. The first-order valence-electron chi connectivity index (χ1n) is 10.0. The fourth-order valence-corrected chi connectivity index (χ4v) is 4.29. The molecule has 0 bridgehead atoms. The highest BCUT2D eigenvalue weighted by Crippen LogP contribution is 2.28. The molecule has 0 unspecified atom stereocenters. The number of hydrogen-bond acceptors (Lipinski definition) is 8. The third kappa shape index (κ3) is 3.91. The van der Waals surface area contributed by atoms with Crippen LogP contribution in [0.1, 0.15) is 5.56 Å². The van der Waals surface area contributed by atoms with Crippen molar-refractivity contribution >= 4 is 28.6 Å². The fourth-order valence-electron chi connectivity index (χ4n) is 3.47. The van der Waals surface area contributed by atoms with Gasteiger partial charge >= 0.3 is 0 Å². The molecule has 2 aromatic heterocycles. The number of thioether (sulfide) groups is 1. The molecule has 0 spiro atoms. The summed E-state index contributed by atoms with van der Waals surface area (Å²) >= 11 is 1.40. The SMILES string of the molecule is Cc1ccc(-n2c(SCn3nnc4ccccc4c3=O)nnc2N2CCOCC2)cc1. The maximum atomic E-state index is 12.8. The van der Waals surface area contributed by atoms with E-state index in [-0.39, 0.29) is 11.4 Å². The van der Waals surface area contributed by atoms with Gasteiger partial charge < -0.3 is 9.64 Å². The Morgan fingerprint density at radius 1 is 1.00 bits per heavy atom. The van der Waals surface area contributed by atoms with E-state index in [0.29, 0.717) is 29.3 Å². The Balaban J connectivity index is 1.49. The van der Waals surface area contributed by atoms with Crippen molar-refractivity contribution in [2.75, 3.05) is 31.2 Å². The Labute approximate surface area is 182 Å². The van der Waals surface area contributed by atoms with Gasteiger partial charge in [-0.25, -0.2) is 0 Å². The quantitative estimate of drug-likeness (QED) is 0.441. The van der Waals surface area contributed by atoms with Gasteiger partial charge in [0.05, 0.1) is 30.2 Å². The Hall–Kier alpha value is -3.24. The molecular weight excluding hydrogens is 414 g/mol. The van der Waals surface area contributed by atoms with Crippen molar-refractivity contribution in [2.24, 2.45) is 0 Å². The number of benzene rings is 2. The topological polar surface area (TPSA) is 91.0 Å². The number of fused-ring (bicyclic) bond motifs is 1. The second-order valence-electron chi connectivity index (χ2n) is 7.24. The van der Waals surface area contributed by atoms with Gasteiger partial charge in [0.1, 0.15) is 5.52 Å². The predicted octanol–water partition coefficient (Wildman–Crippen LogP) is 2.27. The van der Waals surface area contributed by atoms with E-state index in [1.165, 1.54) is 22.0 Å². The molecule has 1 aliphatic heterocycles. The number of aryl methyl sites for hydroxylation is 1. The zero-order valence-electron chi connectivity index (χ0n) is 17.0. The van der Waals surface area contributed by atoms with E-state index in [1.807, 2.05) is 16.7 Å². The van der Waals surface area contributed by atoms with Crippen LogP contribution in [-0.4, -0.2) is 56.1 Å². The van der Waals surface area contributed by atoms with Crippen LogP contribution in [0.25, 0.3) is 16.6 Å². The lowest BCUT2D eigenvalue weighted by atomic mass is 10.2. The largest absolute Gasteiger partial charge is 0.378 e. The van der Waals surface area contributed by atoms with Crippen molar-refractivity contribution in [2.45, 2.75) is 18.0 Å². The summed E-state index contributed by atoms with van der Waals surface area (Å²) < 4.78 is 8.86. The molecule has 31 heavy (non-hydrogen) atoms. The van der Waals surface area contributed by atoms with Crippen LogP contribution in [-0.2, 0) is 10.6 Å². The van der Waals surface area contributed by atoms with Crippen molar-refractivity contribution < 1.29 is 4.74 Å². The summed E-state index contributed by atoms with van der Waals surface area (Å²) in [4.78, 5) is 14.9. The van der Waals surface area contributed by atoms with Crippen molar-refractivity contribution in [1.29, 1.82) is 0 Å². The Bertz CT molecular complexity index is 1260. The summed E-state index contributed by atoms with van der Waals surface area (Å²) in [5, 5.41) is 18.4. The molecule has 0 aliphatic carbocycles. The molecule has 1 fully saturated rings. The summed E-state index contributed by atoms with van der Waals surface area (Å²) in [5.74, 6) is 1.05. The Kier molecular flexibility index (Phi) is 5.39. The number of morpholine rings is 1. The van der Waals surface area contributed by atoms with Crippen molar-refractivity contribution in [3.8, 4) is 5.69 Å². The van der Waals surface area contributed by atoms with E-state index in [0.717, 1.165) is 24.7 Å². The van der Waals surface area contributed by atoms with Crippen LogP contribution < -0.4 is 10.5 Å². The first-order chi connectivity index (χ1) is 15.2. The normalized spacial score (nSPS) is 14.3. The maximum Gasteiger partial charge on any atom is 0.278 e. The zero-order valence-corrected chi connectivity index (χ0v) is 17.8. The Morgan fingerprint density at radius 3 is 2.58 bits per heavy atom. The van der Waals surface area contributed by atoms with Gasteiger partial charge in [0.2, 0.25) is 5.95 Å². The van der Waals surface area contributed by atoms with Gasteiger partial charge in [-0.3, -0.25) is 9.36 Å². The van der Waals surface area contributed by atoms with Crippen molar-refractivity contribution in [3.05, 3.63) is 64.4 Å². The van der Waals surface area contributed by atoms with E-state index < -0.39 is 0 Å². The van der Waals surface area contributed by atoms with Gasteiger partial charge in [-0.05, 0) is 31.2 Å². The molecule has 0 saturated carbocycles. The molecule has 0 N–H and O–H groups in total. The average Bonchev–Trinajstić information content (AvgIpc) is 3.24. The monoisotopic (exact) mass is 435 g/mol. The molecule has 5 rings (SSSR count). The summed E-state index contributed by atoms with van der Waals surface area (Å²) in [6.45, 7) is 4.88. The van der Waals surface area contributed by atoms with Crippen LogP contribution >= 0.6 is 11.8 Å². The molecule has 9 nitrogen and oxygen atoms in total. The van der Waals surface area contributed by atoms with E-state index in [2.05, 4.69) is 56.6 Å². The lowest BCUT2D eigenvalue weighted by Crippen LogP contribution is -2.37. The highest BCUT2D eigenvalue weighted by atomic mass is 32.2. The average molecular weight is 436 g/mol. The molecule has 10 heteroatoms. The van der Waals surface area contributed by atoms with Crippen LogP contribution in [0.4, 0.5) is 5.95 Å². The van der Waals surface area contributed by atoms with Gasteiger partial charge in [-0.2, -0.15) is 4.68 Å². The molecular formula is C21H21N7O2S. The van der Waals surface area contributed by atoms with E-state index in [4.69, 9.17) is 4.74 Å². The highest BCUT2D eigenvalue weighted by Gasteiger charge is 2.22. The second-order valence-corrected chi connectivity index (χ2v) is 8.15. The summed E-state index contributed by atoms with van der Waals surface area (Å²) in [6.07, 6.45) is 0. The number of ether oxygens (including phenoxy) is 1. The molecule has 158 valence electrons. The third-order valence-corrected chi connectivity index (χ3v) is 6.04. The predicted molar refractivity (Wildman–Crippen MR) is 119 cm³/mol. The molecule has 1 saturated heterocycles. The van der Waals surface area contributed by atoms with Crippen LogP contribution in [0.3, 0.4) is 0 Å². The van der Waals surface area contributed by atoms with Gasteiger partial charge in [0.15, 0.2) is 5.16 Å². The third-order valence-electron chi connectivity index (χ3n) is 5.15. The fraction of sp³-hybridized carbons (Fsp3) is 0.286. The van der Waals surface area contributed by atoms with Crippen molar-refractivity contribution in [3.63, 3.8) is 0 Å². The van der Waals surface area contributed by atoms with Gasteiger partial charge in [-0.1, -0.05) is 46.8 Å². The summed E-state index contributed by atoms with van der Waals surface area (Å²) in [7, 11) is 0.